The van der Waals surface area contributed by atoms with E-state index in [0.717, 1.165) is 11.1 Å². The van der Waals surface area contributed by atoms with Gasteiger partial charge in [-0.3, -0.25) is 4.79 Å². The molecule has 2 aromatic rings. The number of carbonyl (C=O) groups is 3. The number of hydrogen-bond donors (Lipinski definition) is 1. The topological polar surface area (TPSA) is 88.8 Å². The number of ether oxygens (including phenoxy) is 1. The number of aliphatic carboxylic acids is 1. The molecule has 0 fully saturated rings. The van der Waals surface area contributed by atoms with E-state index in [1.807, 2.05) is 31.4 Å². The van der Waals surface area contributed by atoms with Gasteiger partial charge < -0.3 is 19.3 Å². The highest BCUT2D eigenvalue weighted by Gasteiger charge is 2.26. The number of carboxylic acid groups (broad SMARTS) is 1. The van der Waals surface area contributed by atoms with Crippen LogP contribution in [0.3, 0.4) is 0 Å². The molecule has 3 rings (SSSR count). The van der Waals surface area contributed by atoms with Gasteiger partial charge in [-0.1, -0.05) is 18.2 Å². The number of para-hydroxylation sites is 1. The molecule has 1 amide bonds. The monoisotopic (exact) mass is 358 g/mol. The minimum atomic E-state index is -1.47. The molecule has 26 heavy (non-hydrogen) atoms. The first-order valence-electron chi connectivity index (χ1n) is 8.53. The summed E-state index contributed by atoms with van der Waals surface area (Å²) in [6.45, 7) is 6.85. The highest BCUT2D eigenvalue weighted by molar-refractivity contribution is 6.42. The van der Waals surface area contributed by atoms with Gasteiger partial charge in [0, 0.05) is 31.2 Å². The summed E-state index contributed by atoms with van der Waals surface area (Å²) >= 11 is 0. The van der Waals surface area contributed by atoms with Crippen LogP contribution in [0.15, 0.2) is 24.4 Å². The lowest BCUT2D eigenvalue weighted by Gasteiger charge is -2.29. The van der Waals surface area contributed by atoms with E-state index in [1.54, 1.807) is 23.2 Å². The van der Waals surface area contributed by atoms with Crippen LogP contribution in [0, 0.1) is 0 Å². The van der Waals surface area contributed by atoms with Crippen LogP contribution in [0.4, 0.5) is 4.79 Å². The highest BCUT2D eigenvalue weighted by Crippen LogP contribution is 2.27. The van der Waals surface area contributed by atoms with E-state index in [0.29, 0.717) is 31.4 Å². The van der Waals surface area contributed by atoms with Crippen molar-refractivity contribution in [3.8, 4) is 0 Å². The summed E-state index contributed by atoms with van der Waals surface area (Å²) in [5, 5.41) is 9.71. The summed E-state index contributed by atoms with van der Waals surface area (Å²) in [4.78, 5) is 37.2. The fraction of sp³-hybridized carbons (Fsp3) is 0.421. The van der Waals surface area contributed by atoms with Crippen LogP contribution in [0.2, 0.25) is 0 Å². The second-order valence-electron chi connectivity index (χ2n) is 7.40. The number of rotatable bonds is 2. The van der Waals surface area contributed by atoms with Crippen LogP contribution in [0.25, 0.3) is 10.9 Å². The number of hydrogen-bond acceptors (Lipinski definition) is 4. The molecular weight excluding hydrogens is 336 g/mol. The summed E-state index contributed by atoms with van der Waals surface area (Å²) in [5.74, 6) is -2.39. The number of carbonyl (C=O) groups excluding carboxylic acids is 2. The van der Waals surface area contributed by atoms with Crippen molar-refractivity contribution in [3.63, 3.8) is 0 Å². The first-order valence-corrected chi connectivity index (χ1v) is 8.53. The fourth-order valence-electron chi connectivity index (χ4n) is 3.22. The standard InChI is InChI=1S/C19H22N2O5/c1-19(2,3)26-18(25)20-8-7-12-5-4-6-13-14(16(22)17(23)24)11-21(10-9-20)15(12)13/h4-6,11H,7-10H2,1-3H3,(H,23,24). The second kappa shape index (κ2) is 6.48. The Kier molecular flexibility index (Phi) is 4.48. The van der Waals surface area contributed by atoms with E-state index in [-0.39, 0.29) is 11.7 Å². The molecule has 0 radical (unpaired) electrons. The molecule has 7 nitrogen and oxygen atoms in total. The molecule has 0 saturated heterocycles. The quantitative estimate of drug-likeness (QED) is 0.659. The number of benzene rings is 1. The third kappa shape index (κ3) is 3.42. The fourth-order valence-corrected chi connectivity index (χ4v) is 3.22. The molecule has 1 aromatic heterocycles. The minimum absolute atomic E-state index is 0.181. The number of amides is 1. The average Bonchev–Trinajstić information content (AvgIpc) is 2.89. The van der Waals surface area contributed by atoms with Crippen molar-refractivity contribution in [1.29, 1.82) is 0 Å². The maximum Gasteiger partial charge on any atom is 0.410 e. The summed E-state index contributed by atoms with van der Waals surface area (Å²) in [5.41, 5.74) is 1.44. The lowest BCUT2D eigenvalue weighted by molar-refractivity contribution is -0.131. The Morgan fingerprint density at radius 3 is 2.50 bits per heavy atom. The third-order valence-corrected chi connectivity index (χ3v) is 4.33. The summed E-state index contributed by atoms with van der Waals surface area (Å²) in [6, 6.07) is 5.51. The molecule has 1 aliphatic heterocycles. The Hall–Kier alpha value is -2.83. The molecule has 1 N–H and O–H groups in total. The molecule has 0 bridgehead atoms. The van der Waals surface area contributed by atoms with Crippen LogP contribution in [0.5, 0.6) is 0 Å². The number of ketones is 1. The van der Waals surface area contributed by atoms with Gasteiger partial charge in [-0.15, -0.1) is 0 Å². The molecule has 138 valence electrons. The zero-order valence-electron chi connectivity index (χ0n) is 15.1. The number of aromatic nitrogens is 1. The van der Waals surface area contributed by atoms with Gasteiger partial charge in [-0.2, -0.15) is 0 Å². The molecule has 2 heterocycles. The van der Waals surface area contributed by atoms with Gasteiger partial charge in [0.2, 0.25) is 0 Å². The van der Waals surface area contributed by atoms with Crippen LogP contribution >= 0.6 is 0 Å². The van der Waals surface area contributed by atoms with Crippen molar-refractivity contribution >= 4 is 28.7 Å². The summed E-state index contributed by atoms with van der Waals surface area (Å²) in [6.07, 6.45) is 1.80. The predicted octanol–water partition coefficient (Wildman–Crippen LogP) is 2.70. The molecule has 7 heteroatoms. The van der Waals surface area contributed by atoms with E-state index in [1.165, 1.54) is 0 Å². The summed E-state index contributed by atoms with van der Waals surface area (Å²) < 4.78 is 7.31. The smallest absolute Gasteiger partial charge is 0.410 e. The molecule has 1 aliphatic rings. The molecule has 0 saturated carbocycles. The molecule has 1 aromatic carbocycles. The van der Waals surface area contributed by atoms with Gasteiger partial charge in [0.1, 0.15) is 5.60 Å². The van der Waals surface area contributed by atoms with E-state index in [4.69, 9.17) is 9.84 Å². The van der Waals surface area contributed by atoms with Crippen molar-refractivity contribution in [1.82, 2.24) is 9.47 Å². The first-order chi connectivity index (χ1) is 12.2. The van der Waals surface area contributed by atoms with Gasteiger partial charge in [-0.05, 0) is 32.8 Å². The van der Waals surface area contributed by atoms with Crippen molar-refractivity contribution in [2.75, 3.05) is 13.1 Å². The van der Waals surface area contributed by atoms with E-state index in [2.05, 4.69) is 0 Å². The van der Waals surface area contributed by atoms with Gasteiger partial charge in [0.15, 0.2) is 0 Å². The van der Waals surface area contributed by atoms with Gasteiger partial charge in [0.25, 0.3) is 5.78 Å². The van der Waals surface area contributed by atoms with Crippen LogP contribution < -0.4 is 0 Å². The number of nitrogens with zero attached hydrogens (tertiary/aromatic N) is 2. The first kappa shape index (κ1) is 18.0. The average molecular weight is 358 g/mol. The van der Waals surface area contributed by atoms with E-state index in [9.17, 15) is 14.4 Å². The van der Waals surface area contributed by atoms with Gasteiger partial charge in [0.05, 0.1) is 11.1 Å². The largest absolute Gasteiger partial charge is 0.475 e. The maximum absolute atomic E-state index is 12.4. The lowest BCUT2D eigenvalue weighted by atomic mass is 10.0. The van der Waals surface area contributed by atoms with E-state index >= 15 is 0 Å². The molecule has 0 unspecified atom stereocenters. The number of Topliss-reactive ketones (excluding diaryl/α,β-unsaturated/α-hetero) is 1. The van der Waals surface area contributed by atoms with Crippen LogP contribution in [-0.2, 0) is 22.5 Å². The van der Waals surface area contributed by atoms with E-state index < -0.39 is 17.4 Å². The van der Waals surface area contributed by atoms with Crippen molar-refractivity contribution in [3.05, 3.63) is 35.5 Å². The SMILES string of the molecule is CC(C)(C)OC(=O)N1CCc2cccc3c(C(=O)C(=O)O)cn(c23)CC1. The molecule has 0 aliphatic carbocycles. The minimum Gasteiger partial charge on any atom is -0.475 e. The van der Waals surface area contributed by atoms with Crippen molar-refractivity contribution < 1.29 is 24.2 Å². The zero-order chi connectivity index (χ0) is 19.1. The van der Waals surface area contributed by atoms with Crippen molar-refractivity contribution in [2.24, 2.45) is 0 Å². The van der Waals surface area contributed by atoms with Crippen LogP contribution in [0.1, 0.15) is 36.7 Å². The molecular formula is C19H22N2O5. The molecule has 0 atom stereocenters. The molecule has 0 spiro atoms. The summed E-state index contributed by atoms with van der Waals surface area (Å²) in [7, 11) is 0. The Labute approximate surface area is 151 Å². The lowest BCUT2D eigenvalue weighted by Crippen LogP contribution is -2.40. The zero-order valence-corrected chi connectivity index (χ0v) is 15.1. The predicted molar refractivity (Wildman–Crippen MR) is 95.4 cm³/mol. The van der Waals surface area contributed by atoms with Gasteiger partial charge in [-0.25, -0.2) is 9.59 Å². The highest BCUT2D eigenvalue weighted by atomic mass is 16.6. The van der Waals surface area contributed by atoms with Gasteiger partial charge >= 0.3 is 12.1 Å². The Morgan fingerprint density at radius 2 is 1.85 bits per heavy atom. The van der Waals surface area contributed by atoms with Crippen LogP contribution in [-0.4, -0.2) is 51.1 Å². The van der Waals surface area contributed by atoms with Crippen molar-refractivity contribution in [2.45, 2.75) is 39.3 Å². The number of carboxylic acids is 1. The Morgan fingerprint density at radius 1 is 1.12 bits per heavy atom. The Balaban J connectivity index is 1.95. The normalized spacial score (nSPS) is 14.7. The second-order valence-corrected chi connectivity index (χ2v) is 7.40. The Bertz CT molecular complexity index is 891. The third-order valence-electron chi connectivity index (χ3n) is 4.33. The maximum atomic E-state index is 12.4.